The van der Waals surface area contributed by atoms with Gasteiger partial charge in [-0.2, -0.15) is 0 Å². The molecule has 0 atom stereocenters. The number of anilines is 1. The fraction of sp³-hybridized carbons (Fsp3) is 0.308. The van der Waals surface area contributed by atoms with E-state index < -0.39 is 0 Å². The topological polar surface area (TPSA) is 81.4 Å². The maximum Gasteiger partial charge on any atom is 0.295 e. The van der Waals surface area contributed by atoms with Crippen molar-refractivity contribution < 1.29 is 9.66 Å². The molecule has 0 bridgehead atoms. The van der Waals surface area contributed by atoms with Gasteiger partial charge in [0.2, 0.25) is 0 Å². The third-order valence-corrected chi connectivity index (χ3v) is 6.02. The first-order valence-electron chi connectivity index (χ1n) is 10.9. The lowest BCUT2D eigenvalue weighted by atomic mass is 9.95. The predicted octanol–water partition coefficient (Wildman–Crippen LogP) is 4.00. The van der Waals surface area contributed by atoms with Gasteiger partial charge in [-0.25, -0.2) is 9.97 Å². The molecule has 2 aromatic carbocycles. The molecule has 3 aromatic rings. The van der Waals surface area contributed by atoms with E-state index >= 15 is 0 Å². The van der Waals surface area contributed by atoms with Crippen LogP contribution >= 0.6 is 0 Å². The van der Waals surface area contributed by atoms with Gasteiger partial charge in [0.05, 0.1) is 18.1 Å². The van der Waals surface area contributed by atoms with Crippen LogP contribution in [0.1, 0.15) is 39.3 Å². The highest BCUT2D eigenvalue weighted by Crippen LogP contribution is 2.37. The first kappa shape index (κ1) is 22.4. The minimum absolute atomic E-state index is 0.167. The molecule has 1 fully saturated rings. The molecule has 0 spiro atoms. The Bertz CT molecular complexity index is 1210. The summed E-state index contributed by atoms with van der Waals surface area (Å²) in [6.07, 6.45) is 8.27. The molecule has 4 rings (SSSR count). The van der Waals surface area contributed by atoms with E-state index in [1.807, 2.05) is 55.1 Å². The summed E-state index contributed by atoms with van der Waals surface area (Å²) >= 11 is 0. The highest BCUT2D eigenvalue weighted by Gasteiger charge is 2.27. The Morgan fingerprint density at radius 2 is 1.88 bits per heavy atom. The van der Waals surface area contributed by atoms with E-state index in [-0.39, 0.29) is 10.6 Å². The summed E-state index contributed by atoms with van der Waals surface area (Å²) < 4.78 is 5.42. The van der Waals surface area contributed by atoms with Crippen LogP contribution in [0.3, 0.4) is 0 Å². The molecule has 168 valence electrons. The summed E-state index contributed by atoms with van der Waals surface area (Å²) in [5, 5.41) is 12.0. The number of nitro benzene ring substituents is 1. The van der Waals surface area contributed by atoms with E-state index in [2.05, 4.69) is 10.9 Å². The predicted molar refractivity (Wildman–Crippen MR) is 128 cm³/mol. The second-order valence-corrected chi connectivity index (χ2v) is 8.18. The van der Waals surface area contributed by atoms with Crippen LogP contribution < -0.4 is 4.90 Å². The number of ether oxygens (including phenoxy) is 1. The van der Waals surface area contributed by atoms with Crippen molar-refractivity contribution in [2.24, 2.45) is 0 Å². The van der Waals surface area contributed by atoms with Crippen molar-refractivity contribution in [1.29, 1.82) is 0 Å². The molecule has 1 aliphatic rings. The van der Waals surface area contributed by atoms with Gasteiger partial charge < -0.3 is 9.64 Å². The largest absolute Gasteiger partial charge is 0.378 e. The van der Waals surface area contributed by atoms with Crippen LogP contribution in [0, 0.1) is 36.3 Å². The normalized spacial score (nSPS) is 13.5. The zero-order valence-corrected chi connectivity index (χ0v) is 18.9. The number of rotatable bonds is 6. The van der Waals surface area contributed by atoms with Gasteiger partial charge in [0.1, 0.15) is 11.5 Å². The summed E-state index contributed by atoms with van der Waals surface area (Å²) in [6.45, 7) is 6.29. The van der Waals surface area contributed by atoms with E-state index in [1.165, 1.54) is 0 Å². The number of aryl methyl sites for hydroxylation is 1. The Morgan fingerprint density at radius 1 is 1.15 bits per heavy atom. The number of terminal acetylenes is 1. The van der Waals surface area contributed by atoms with Crippen molar-refractivity contribution in [3.05, 3.63) is 92.0 Å². The summed E-state index contributed by atoms with van der Waals surface area (Å²) in [5.41, 5.74) is 6.21. The fourth-order valence-corrected chi connectivity index (χ4v) is 4.25. The molecule has 7 heteroatoms. The monoisotopic (exact) mass is 442 g/mol. The first-order chi connectivity index (χ1) is 16.0. The average molecular weight is 443 g/mol. The van der Waals surface area contributed by atoms with Gasteiger partial charge in [0.15, 0.2) is 0 Å². The number of morpholine rings is 1. The first-order valence-corrected chi connectivity index (χ1v) is 10.9. The van der Waals surface area contributed by atoms with Crippen molar-refractivity contribution in [2.75, 3.05) is 31.2 Å². The lowest BCUT2D eigenvalue weighted by Crippen LogP contribution is -2.36. The molecular weight excluding hydrogens is 416 g/mol. The number of hydrogen-bond donors (Lipinski definition) is 0. The van der Waals surface area contributed by atoms with Crippen molar-refractivity contribution in [3.63, 3.8) is 0 Å². The smallest absolute Gasteiger partial charge is 0.295 e. The van der Waals surface area contributed by atoms with Gasteiger partial charge in [-0.15, -0.1) is 6.42 Å². The number of aromatic nitrogens is 2. The van der Waals surface area contributed by atoms with Gasteiger partial charge in [-0.1, -0.05) is 18.1 Å². The molecule has 1 aliphatic heterocycles. The standard InChI is InChI=1S/C26H26N4O3/c1-4-20-5-7-21(8-6-20)16-25-27-10-9-22(28-25)17-23-18(2)15-24(26(19(23)3)30(31)32)29-11-13-33-14-12-29/h1,5-10,15H,11-14,16-17H2,2-3H3. The van der Waals surface area contributed by atoms with Gasteiger partial charge in [0, 0.05) is 48.9 Å². The molecule has 0 aliphatic carbocycles. The Kier molecular flexibility index (Phi) is 6.66. The quantitative estimate of drug-likeness (QED) is 0.326. The van der Waals surface area contributed by atoms with E-state index in [4.69, 9.17) is 16.1 Å². The highest BCUT2D eigenvalue weighted by molar-refractivity contribution is 5.70. The maximum atomic E-state index is 12.0. The van der Waals surface area contributed by atoms with Crippen molar-refractivity contribution in [1.82, 2.24) is 9.97 Å². The Hall–Kier alpha value is -3.76. The third-order valence-electron chi connectivity index (χ3n) is 6.02. The van der Waals surface area contributed by atoms with E-state index in [1.54, 1.807) is 6.20 Å². The molecule has 0 amide bonds. The molecule has 33 heavy (non-hydrogen) atoms. The van der Waals surface area contributed by atoms with E-state index in [0.717, 1.165) is 27.9 Å². The second kappa shape index (κ2) is 9.80. The van der Waals surface area contributed by atoms with Crippen LogP contribution in [0.15, 0.2) is 42.6 Å². The number of nitro groups is 1. The van der Waals surface area contributed by atoms with Crippen LogP contribution in [0.25, 0.3) is 0 Å². The lowest BCUT2D eigenvalue weighted by Gasteiger charge is -2.29. The van der Waals surface area contributed by atoms with Crippen molar-refractivity contribution in [2.45, 2.75) is 26.7 Å². The summed E-state index contributed by atoms with van der Waals surface area (Å²) in [7, 11) is 0. The third kappa shape index (κ3) is 5.02. The van der Waals surface area contributed by atoms with Crippen LogP contribution in [0.5, 0.6) is 0 Å². The zero-order valence-electron chi connectivity index (χ0n) is 18.9. The number of nitrogens with zero attached hydrogens (tertiary/aromatic N) is 4. The summed E-state index contributed by atoms with van der Waals surface area (Å²) in [6, 6.07) is 11.6. The van der Waals surface area contributed by atoms with E-state index in [9.17, 15) is 10.1 Å². The van der Waals surface area contributed by atoms with Gasteiger partial charge in [-0.05, 0) is 54.8 Å². The Balaban J connectivity index is 1.62. The summed E-state index contributed by atoms with van der Waals surface area (Å²) in [5.74, 6) is 3.32. The van der Waals surface area contributed by atoms with Crippen LogP contribution in [0.2, 0.25) is 0 Å². The lowest BCUT2D eigenvalue weighted by molar-refractivity contribution is -0.384. The molecule has 0 radical (unpaired) electrons. The van der Waals surface area contributed by atoms with Gasteiger partial charge >= 0.3 is 0 Å². The minimum atomic E-state index is -0.270. The fourth-order valence-electron chi connectivity index (χ4n) is 4.25. The molecule has 1 saturated heterocycles. The SMILES string of the molecule is C#Cc1ccc(Cc2nccc(Cc3c(C)cc(N4CCOCC4)c([N+](=O)[O-])c3C)n2)cc1. The molecule has 2 heterocycles. The molecule has 1 aromatic heterocycles. The molecule has 0 saturated carbocycles. The van der Waals surface area contributed by atoms with Gasteiger partial charge in [-0.3, -0.25) is 10.1 Å². The second-order valence-electron chi connectivity index (χ2n) is 8.18. The molecule has 0 unspecified atom stereocenters. The summed E-state index contributed by atoms with van der Waals surface area (Å²) in [4.78, 5) is 22.9. The van der Waals surface area contributed by atoms with E-state index in [0.29, 0.717) is 56.2 Å². The van der Waals surface area contributed by atoms with Crippen LogP contribution in [-0.2, 0) is 17.6 Å². The molecule has 7 nitrogen and oxygen atoms in total. The minimum Gasteiger partial charge on any atom is -0.378 e. The number of benzene rings is 2. The van der Waals surface area contributed by atoms with Crippen molar-refractivity contribution in [3.8, 4) is 12.3 Å². The molecule has 0 N–H and O–H groups in total. The Morgan fingerprint density at radius 3 is 2.55 bits per heavy atom. The van der Waals surface area contributed by atoms with Crippen LogP contribution in [-0.4, -0.2) is 41.2 Å². The molecular formula is C26H26N4O3. The number of hydrogen-bond acceptors (Lipinski definition) is 6. The zero-order chi connectivity index (χ0) is 23.4. The Labute approximate surface area is 193 Å². The van der Waals surface area contributed by atoms with Gasteiger partial charge in [0.25, 0.3) is 5.69 Å². The van der Waals surface area contributed by atoms with Crippen molar-refractivity contribution >= 4 is 11.4 Å². The van der Waals surface area contributed by atoms with Crippen LogP contribution in [0.4, 0.5) is 11.4 Å². The average Bonchev–Trinajstić information content (AvgIpc) is 2.82. The maximum absolute atomic E-state index is 12.0. The highest BCUT2D eigenvalue weighted by atomic mass is 16.6.